The summed E-state index contributed by atoms with van der Waals surface area (Å²) in [5, 5.41) is 12.2. The number of aromatic nitrogens is 1. The Balaban J connectivity index is 2.40. The highest BCUT2D eigenvalue weighted by Gasteiger charge is 2.12. The molecular formula is C9H15NO3S2. The Kier molecular flexibility index (Phi) is 4.24. The number of aliphatic hydroxyl groups excluding tert-OH is 1. The first-order valence-electron chi connectivity index (χ1n) is 4.66. The minimum absolute atomic E-state index is 0.119. The van der Waals surface area contributed by atoms with Gasteiger partial charge in [0.1, 0.15) is 20.9 Å². The van der Waals surface area contributed by atoms with Crippen LogP contribution in [0.25, 0.3) is 0 Å². The minimum atomic E-state index is -2.92. The summed E-state index contributed by atoms with van der Waals surface area (Å²) in [7, 11) is -2.92. The summed E-state index contributed by atoms with van der Waals surface area (Å²) in [4.78, 5) is 4.14. The number of rotatable bonds is 5. The third kappa shape index (κ3) is 4.72. The fraction of sp³-hybridized carbons (Fsp3) is 0.667. The van der Waals surface area contributed by atoms with Crippen molar-refractivity contribution in [3.63, 3.8) is 0 Å². The van der Waals surface area contributed by atoms with Gasteiger partial charge in [0.05, 0.1) is 0 Å². The summed E-state index contributed by atoms with van der Waals surface area (Å²) in [6, 6.07) is 0. The van der Waals surface area contributed by atoms with Crippen molar-refractivity contribution < 1.29 is 13.5 Å². The van der Waals surface area contributed by atoms with Crippen molar-refractivity contribution in [3.05, 3.63) is 16.1 Å². The van der Waals surface area contributed by atoms with Gasteiger partial charge in [-0.05, 0) is 19.8 Å². The zero-order chi connectivity index (χ0) is 11.5. The summed E-state index contributed by atoms with van der Waals surface area (Å²) >= 11 is 1.41. The molecule has 1 unspecified atom stereocenters. The van der Waals surface area contributed by atoms with Gasteiger partial charge >= 0.3 is 0 Å². The topological polar surface area (TPSA) is 67.3 Å². The molecule has 0 fully saturated rings. The van der Waals surface area contributed by atoms with E-state index in [2.05, 4.69) is 4.98 Å². The summed E-state index contributed by atoms with van der Waals surface area (Å²) in [6.45, 7) is 1.86. The van der Waals surface area contributed by atoms with E-state index in [0.29, 0.717) is 17.8 Å². The van der Waals surface area contributed by atoms with Crippen molar-refractivity contribution >= 4 is 21.2 Å². The predicted octanol–water partition coefficient (Wildman–Crippen LogP) is 1.31. The number of hydrogen-bond acceptors (Lipinski definition) is 5. The van der Waals surface area contributed by atoms with E-state index < -0.39 is 15.9 Å². The van der Waals surface area contributed by atoms with Crippen LogP contribution in [0.2, 0.25) is 0 Å². The van der Waals surface area contributed by atoms with Crippen molar-refractivity contribution in [3.8, 4) is 0 Å². The minimum Gasteiger partial charge on any atom is -0.386 e. The smallest absolute Gasteiger partial charge is 0.147 e. The molecule has 1 aromatic rings. The number of sulfone groups is 1. The Bertz CT molecular complexity index is 411. The monoisotopic (exact) mass is 249 g/mol. The van der Waals surface area contributed by atoms with Crippen LogP contribution in [0.4, 0.5) is 0 Å². The van der Waals surface area contributed by atoms with Crippen molar-refractivity contribution in [1.29, 1.82) is 0 Å². The third-order valence-corrected chi connectivity index (χ3v) is 4.01. The highest BCUT2D eigenvalue weighted by Crippen LogP contribution is 2.21. The number of aliphatic hydroxyl groups is 1. The van der Waals surface area contributed by atoms with Crippen LogP contribution >= 0.6 is 11.3 Å². The molecule has 86 valence electrons. The van der Waals surface area contributed by atoms with Crippen LogP contribution in [0.15, 0.2) is 5.38 Å². The van der Waals surface area contributed by atoms with Gasteiger partial charge in [-0.1, -0.05) is 0 Å². The van der Waals surface area contributed by atoms with Crippen LogP contribution in [-0.4, -0.2) is 30.5 Å². The first-order chi connectivity index (χ1) is 6.88. The molecule has 0 spiro atoms. The average molecular weight is 249 g/mol. The van der Waals surface area contributed by atoms with Gasteiger partial charge in [0, 0.05) is 23.1 Å². The second kappa shape index (κ2) is 5.05. The lowest BCUT2D eigenvalue weighted by Gasteiger charge is -2.05. The second-order valence-corrected chi connectivity index (χ2v) is 6.76. The molecule has 6 heteroatoms. The lowest BCUT2D eigenvalue weighted by molar-refractivity contribution is 0.166. The fourth-order valence-corrected chi connectivity index (χ4v) is 2.69. The number of thiazole rings is 1. The van der Waals surface area contributed by atoms with E-state index in [-0.39, 0.29) is 5.75 Å². The van der Waals surface area contributed by atoms with Crippen LogP contribution < -0.4 is 0 Å². The molecule has 4 nitrogen and oxygen atoms in total. The Morgan fingerprint density at radius 3 is 2.73 bits per heavy atom. The molecule has 0 aliphatic heterocycles. The van der Waals surface area contributed by atoms with Gasteiger partial charge in [-0.2, -0.15) is 0 Å². The van der Waals surface area contributed by atoms with Crippen LogP contribution in [-0.2, 0) is 9.84 Å². The zero-order valence-corrected chi connectivity index (χ0v) is 10.4. The molecule has 0 saturated heterocycles. The first kappa shape index (κ1) is 12.6. The molecule has 1 atom stereocenters. The number of aryl methyl sites for hydroxylation is 1. The molecule has 0 amide bonds. The number of nitrogens with zero attached hydrogens (tertiary/aromatic N) is 1. The molecule has 0 aliphatic rings. The molecule has 0 aliphatic carbocycles. The quantitative estimate of drug-likeness (QED) is 0.854. The van der Waals surface area contributed by atoms with Crippen LogP contribution in [0, 0.1) is 6.92 Å². The first-order valence-corrected chi connectivity index (χ1v) is 7.60. The van der Waals surface area contributed by atoms with Gasteiger partial charge in [0.2, 0.25) is 0 Å². The third-order valence-electron chi connectivity index (χ3n) is 1.91. The van der Waals surface area contributed by atoms with Gasteiger partial charge < -0.3 is 5.11 Å². The standard InChI is InChI=1S/C9H15NO3S2/c1-7-6-14-9(10-7)8(11)4-3-5-15(2,12)13/h6,8,11H,3-5H2,1-2H3. The molecule has 1 aromatic heterocycles. The molecule has 0 saturated carbocycles. The van der Waals surface area contributed by atoms with Crippen molar-refractivity contribution in [2.75, 3.05) is 12.0 Å². The van der Waals surface area contributed by atoms with Gasteiger partial charge in [-0.25, -0.2) is 13.4 Å². The van der Waals surface area contributed by atoms with Gasteiger partial charge in [-0.15, -0.1) is 11.3 Å². The lowest BCUT2D eigenvalue weighted by Crippen LogP contribution is -2.05. The summed E-state index contributed by atoms with van der Waals surface area (Å²) in [5.74, 6) is 0.119. The molecule has 1 N–H and O–H groups in total. The van der Waals surface area contributed by atoms with E-state index in [1.54, 1.807) is 0 Å². The molecule has 1 heterocycles. The Morgan fingerprint density at radius 1 is 1.60 bits per heavy atom. The van der Waals surface area contributed by atoms with Crippen molar-refractivity contribution in [2.45, 2.75) is 25.9 Å². The number of hydrogen-bond donors (Lipinski definition) is 1. The maximum Gasteiger partial charge on any atom is 0.147 e. The normalized spacial score (nSPS) is 14.1. The van der Waals surface area contributed by atoms with Crippen molar-refractivity contribution in [1.82, 2.24) is 4.98 Å². The van der Waals surface area contributed by atoms with E-state index in [1.807, 2.05) is 12.3 Å². The van der Waals surface area contributed by atoms with Crippen molar-refractivity contribution in [2.24, 2.45) is 0 Å². The van der Waals surface area contributed by atoms with E-state index >= 15 is 0 Å². The largest absolute Gasteiger partial charge is 0.386 e. The summed E-state index contributed by atoms with van der Waals surface area (Å²) in [6.07, 6.45) is 1.48. The SMILES string of the molecule is Cc1csc(C(O)CCCS(C)(=O)=O)n1. The Hall–Kier alpha value is -0.460. The van der Waals surface area contributed by atoms with Crippen LogP contribution in [0.5, 0.6) is 0 Å². The predicted molar refractivity (Wildman–Crippen MR) is 60.8 cm³/mol. The fourth-order valence-electron chi connectivity index (χ4n) is 1.19. The van der Waals surface area contributed by atoms with Crippen LogP contribution in [0.1, 0.15) is 29.6 Å². The van der Waals surface area contributed by atoms with E-state index in [1.165, 1.54) is 17.6 Å². The maximum absolute atomic E-state index is 10.9. The summed E-state index contributed by atoms with van der Waals surface area (Å²) in [5.41, 5.74) is 0.886. The van der Waals surface area contributed by atoms with E-state index in [4.69, 9.17) is 0 Å². The molecule has 0 aromatic carbocycles. The second-order valence-electron chi connectivity index (χ2n) is 3.62. The van der Waals surface area contributed by atoms with Gasteiger partial charge in [-0.3, -0.25) is 0 Å². The summed E-state index contributed by atoms with van der Waals surface area (Å²) < 4.78 is 21.7. The Morgan fingerprint density at radius 2 is 2.27 bits per heavy atom. The molecule has 1 rings (SSSR count). The molecular weight excluding hydrogens is 234 g/mol. The molecule has 15 heavy (non-hydrogen) atoms. The zero-order valence-electron chi connectivity index (χ0n) is 8.80. The highest BCUT2D eigenvalue weighted by atomic mass is 32.2. The van der Waals surface area contributed by atoms with Gasteiger partial charge in [0.15, 0.2) is 0 Å². The van der Waals surface area contributed by atoms with Crippen LogP contribution in [0.3, 0.4) is 0 Å². The molecule has 0 bridgehead atoms. The van der Waals surface area contributed by atoms with Gasteiger partial charge in [0.25, 0.3) is 0 Å². The maximum atomic E-state index is 10.9. The van der Waals surface area contributed by atoms with E-state index in [0.717, 1.165) is 5.69 Å². The lowest BCUT2D eigenvalue weighted by atomic mass is 10.2. The Labute approximate surface area is 93.9 Å². The average Bonchev–Trinajstić information content (AvgIpc) is 2.49. The van der Waals surface area contributed by atoms with E-state index in [9.17, 15) is 13.5 Å². The molecule has 0 radical (unpaired) electrons. The highest BCUT2D eigenvalue weighted by molar-refractivity contribution is 7.90.